The van der Waals surface area contributed by atoms with Crippen molar-refractivity contribution in [3.63, 3.8) is 0 Å². The fourth-order valence-corrected chi connectivity index (χ4v) is 3.13. The van der Waals surface area contributed by atoms with Crippen LogP contribution in [0.3, 0.4) is 0 Å². The molecule has 0 bridgehead atoms. The molecule has 3 amide bonds. The molecule has 0 spiro atoms. The maximum absolute atomic E-state index is 12.3. The Morgan fingerprint density at radius 3 is 2.21 bits per heavy atom. The molecule has 0 unspecified atom stereocenters. The predicted molar refractivity (Wildman–Crippen MR) is 102 cm³/mol. The normalized spacial score (nSPS) is 12.8. The maximum Gasteiger partial charge on any atom is 0.335 e. The fourth-order valence-electron chi connectivity index (χ4n) is 3.13. The van der Waals surface area contributed by atoms with Gasteiger partial charge in [0.05, 0.1) is 16.7 Å². The van der Waals surface area contributed by atoms with E-state index in [4.69, 9.17) is 5.11 Å². The van der Waals surface area contributed by atoms with Gasteiger partial charge in [0.1, 0.15) is 0 Å². The van der Waals surface area contributed by atoms with E-state index < -0.39 is 5.97 Å². The number of rotatable bonds is 8. The molecule has 1 heterocycles. The van der Waals surface area contributed by atoms with Crippen LogP contribution in [0.15, 0.2) is 48.5 Å². The van der Waals surface area contributed by atoms with Gasteiger partial charge >= 0.3 is 5.97 Å². The Hall–Kier alpha value is -3.48. The predicted octanol–water partition coefficient (Wildman–Crippen LogP) is 3.18. The van der Waals surface area contributed by atoms with Crippen LogP contribution in [0.4, 0.5) is 5.69 Å². The van der Waals surface area contributed by atoms with Crippen molar-refractivity contribution in [3.8, 4) is 0 Å². The number of nitrogens with one attached hydrogen (secondary N) is 1. The van der Waals surface area contributed by atoms with Gasteiger partial charge in [0.2, 0.25) is 5.91 Å². The van der Waals surface area contributed by atoms with Crippen LogP contribution in [0.5, 0.6) is 0 Å². The zero-order valence-corrected chi connectivity index (χ0v) is 15.2. The summed E-state index contributed by atoms with van der Waals surface area (Å²) >= 11 is 0. The van der Waals surface area contributed by atoms with Crippen LogP contribution in [0.1, 0.15) is 56.8 Å². The third kappa shape index (κ3) is 4.25. The standard InChI is InChI=1S/C21H20N2O5/c24-18(22-15-8-6-7-14(13-15)21(27)28)11-2-1-5-12-23-19(25)16-9-3-4-10-17(16)20(23)26/h3-4,6-10,13H,1-2,5,11-12H2,(H,22,24)(H,27,28). The molecule has 0 saturated carbocycles. The molecule has 0 fully saturated rings. The van der Waals surface area contributed by atoms with Gasteiger partial charge in [-0.1, -0.05) is 24.6 Å². The minimum absolute atomic E-state index is 0.110. The Balaban J connectivity index is 1.40. The number of carbonyl (C=O) groups is 4. The molecule has 1 aliphatic heterocycles. The van der Waals surface area contributed by atoms with Crippen LogP contribution in [0, 0.1) is 0 Å². The van der Waals surface area contributed by atoms with E-state index in [0.29, 0.717) is 42.6 Å². The summed E-state index contributed by atoms with van der Waals surface area (Å²) in [5.74, 6) is -1.79. The molecule has 3 rings (SSSR count). The third-order valence-corrected chi connectivity index (χ3v) is 4.56. The van der Waals surface area contributed by atoms with Crippen LogP contribution < -0.4 is 5.32 Å². The molecule has 0 aliphatic carbocycles. The number of fused-ring (bicyclic) bond motifs is 1. The van der Waals surface area contributed by atoms with Crippen LogP contribution in [0.25, 0.3) is 0 Å². The average Bonchev–Trinajstić information content (AvgIpc) is 2.93. The molecule has 144 valence electrons. The number of hydrogen-bond donors (Lipinski definition) is 2. The number of carbonyl (C=O) groups excluding carboxylic acids is 3. The molecule has 2 aromatic carbocycles. The number of carboxylic acid groups (broad SMARTS) is 1. The van der Waals surface area contributed by atoms with E-state index in [1.807, 2.05) is 0 Å². The van der Waals surface area contributed by atoms with E-state index in [1.54, 1.807) is 36.4 Å². The number of benzene rings is 2. The molecule has 1 aliphatic rings. The van der Waals surface area contributed by atoms with E-state index in [-0.39, 0.29) is 29.7 Å². The Kier molecular flexibility index (Phi) is 5.84. The van der Waals surface area contributed by atoms with E-state index in [2.05, 4.69) is 5.32 Å². The first kappa shape index (κ1) is 19.3. The van der Waals surface area contributed by atoms with Gasteiger partial charge in [-0.25, -0.2) is 4.79 Å². The van der Waals surface area contributed by atoms with Gasteiger partial charge in [0.15, 0.2) is 0 Å². The van der Waals surface area contributed by atoms with Gasteiger partial charge in [-0.05, 0) is 43.2 Å². The summed E-state index contributed by atoms with van der Waals surface area (Å²) in [6.07, 6.45) is 2.19. The van der Waals surface area contributed by atoms with Gasteiger partial charge in [-0.2, -0.15) is 0 Å². The molecule has 7 heteroatoms. The number of hydrogen-bond acceptors (Lipinski definition) is 4. The van der Waals surface area contributed by atoms with Gasteiger partial charge < -0.3 is 10.4 Å². The van der Waals surface area contributed by atoms with Crippen molar-refractivity contribution in [2.45, 2.75) is 25.7 Å². The summed E-state index contributed by atoms with van der Waals surface area (Å²) in [5, 5.41) is 11.6. The number of carboxylic acids is 1. The number of imide groups is 1. The third-order valence-electron chi connectivity index (χ3n) is 4.56. The summed E-state index contributed by atoms with van der Waals surface area (Å²) in [5.41, 5.74) is 1.43. The SMILES string of the molecule is O=C(CCCCCN1C(=O)c2ccccc2C1=O)Nc1cccc(C(=O)O)c1. The quantitative estimate of drug-likeness (QED) is 0.541. The number of amides is 3. The van der Waals surface area contributed by atoms with E-state index in [0.717, 1.165) is 0 Å². The molecule has 0 radical (unpaired) electrons. The molecule has 2 aromatic rings. The topological polar surface area (TPSA) is 104 Å². The second-order valence-electron chi connectivity index (χ2n) is 6.55. The van der Waals surface area contributed by atoms with E-state index in [1.165, 1.54) is 17.0 Å². The second kappa shape index (κ2) is 8.47. The minimum Gasteiger partial charge on any atom is -0.478 e. The highest BCUT2D eigenvalue weighted by atomic mass is 16.4. The first-order valence-electron chi connectivity index (χ1n) is 9.06. The highest BCUT2D eigenvalue weighted by Crippen LogP contribution is 2.22. The Morgan fingerprint density at radius 2 is 1.57 bits per heavy atom. The lowest BCUT2D eigenvalue weighted by atomic mass is 10.1. The first-order chi connectivity index (χ1) is 13.5. The minimum atomic E-state index is -1.05. The highest BCUT2D eigenvalue weighted by Gasteiger charge is 2.34. The number of nitrogens with zero attached hydrogens (tertiary/aromatic N) is 1. The Morgan fingerprint density at radius 1 is 0.893 bits per heavy atom. The Bertz CT molecular complexity index is 903. The molecular formula is C21H20N2O5. The maximum atomic E-state index is 12.3. The van der Waals surface area contributed by atoms with Gasteiger partial charge in [-0.3, -0.25) is 19.3 Å². The van der Waals surface area contributed by atoms with Crippen LogP contribution in [-0.4, -0.2) is 40.2 Å². The molecule has 7 nitrogen and oxygen atoms in total. The van der Waals surface area contributed by atoms with Gasteiger partial charge in [0.25, 0.3) is 11.8 Å². The summed E-state index contributed by atoms with van der Waals surface area (Å²) < 4.78 is 0. The summed E-state index contributed by atoms with van der Waals surface area (Å²) in [6.45, 7) is 0.328. The number of unbranched alkanes of at least 4 members (excludes halogenated alkanes) is 2. The molecule has 2 N–H and O–H groups in total. The average molecular weight is 380 g/mol. The van der Waals surface area contributed by atoms with Crippen molar-refractivity contribution >= 4 is 29.4 Å². The molecule has 0 saturated heterocycles. The van der Waals surface area contributed by atoms with Crippen molar-refractivity contribution in [1.29, 1.82) is 0 Å². The van der Waals surface area contributed by atoms with Crippen LogP contribution in [-0.2, 0) is 4.79 Å². The highest BCUT2D eigenvalue weighted by molar-refractivity contribution is 6.21. The largest absolute Gasteiger partial charge is 0.478 e. The smallest absolute Gasteiger partial charge is 0.335 e. The summed E-state index contributed by atoms with van der Waals surface area (Å²) in [6, 6.07) is 12.8. The van der Waals surface area contributed by atoms with Crippen LogP contribution in [0.2, 0.25) is 0 Å². The van der Waals surface area contributed by atoms with E-state index >= 15 is 0 Å². The van der Waals surface area contributed by atoms with Crippen molar-refractivity contribution in [3.05, 3.63) is 65.2 Å². The first-order valence-corrected chi connectivity index (χ1v) is 9.06. The summed E-state index contributed by atoms with van der Waals surface area (Å²) in [4.78, 5) is 48.7. The lowest BCUT2D eigenvalue weighted by Crippen LogP contribution is -2.30. The lowest BCUT2D eigenvalue weighted by molar-refractivity contribution is -0.116. The molecule has 28 heavy (non-hydrogen) atoms. The zero-order chi connectivity index (χ0) is 20.1. The molecular weight excluding hydrogens is 360 g/mol. The van der Waals surface area contributed by atoms with E-state index in [9.17, 15) is 19.2 Å². The molecule has 0 atom stereocenters. The fraction of sp³-hybridized carbons (Fsp3) is 0.238. The zero-order valence-electron chi connectivity index (χ0n) is 15.2. The number of aromatic carboxylic acids is 1. The van der Waals surface area contributed by atoms with Crippen molar-refractivity contribution in [2.24, 2.45) is 0 Å². The lowest BCUT2D eigenvalue weighted by Gasteiger charge is -2.13. The van der Waals surface area contributed by atoms with Gasteiger partial charge in [0, 0.05) is 18.7 Å². The van der Waals surface area contributed by atoms with Crippen molar-refractivity contribution in [2.75, 3.05) is 11.9 Å². The van der Waals surface area contributed by atoms with Gasteiger partial charge in [-0.15, -0.1) is 0 Å². The Labute approximate surface area is 162 Å². The molecule has 0 aromatic heterocycles. The summed E-state index contributed by atoms with van der Waals surface area (Å²) in [7, 11) is 0. The van der Waals surface area contributed by atoms with Crippen molar-refractivity contribution in [1.82, 2.24) is 4.90 Å². The number of anilines is 1. The van der Waals surface area contributed by atoms with Crippen molar-refractivity contribution < 1.29 is 24.3 Å². The van der Waals surface area contributed by atoms with Crippen LogP contribution >= 0.6 is 0 Å². The monoisotopic (exact) mass is 380 g/mol. The second-order valence-corrected chi connectivity index (χ2v) is 6.55.